The largest absolute Gasteiger partial charge is 0.398 e. The third-order valence-corrected chi connectivity index (χ3v) is 3.42. The maximum atomic E-state index is 13.5. The SMILES string of the molecule is Nc1ccc2nnc(-c3cccc(F)c3Br)n2c1. The number of hydrogen-bond acceptors (Lipinski definition) is 3. The van der Waals surface area contributed by atoms with E-state index in [0.29, 0.717) is 27.2 Å². The third-order valence-electron chi connectivity index (χ3n) is 2.62. The quantitative estimate of drug-likeness (QED) is 0.752. The highest BCUT2D eigenvalue weighted by molar-refractivity contribution is 9.10. The molecule has 2 N–H and O–H groups in total. The molecule has 0 atom stereocenters. The summed E-state index contributed by atoms with van der Waals surface area (Å²) in [5.41, 5.74) is 7.62. The van der Waals surface area contributed by atoms with Gasteiger partial charge in [-0.1, -0.05) is 6.07 Å². The van der Waals surface area contributed by atoms with E-state index in [1.54, 1.807) is 34.9 Å². The second-order valence-corrected chi connectivity index (χ2v) is 4.61. The lowest BCUT2D eigenvalue weighted by Crippen LogP contribution is -1.94. The van der Waals surface area contributed by atoms with Crippen LogP contribution < -0.4 is 5.73 Å². The molecule has 0 unspecified atom stereocenters. The number of benzene rings is 1. The molecule has 0 fully saturated rings. The van der Waals surface area contributed by atoms with E-state index in [2.05, 4.69) is 26.1 Å². The molecular formula is C12H8BrFN4. The number of hydrogen-bond donors (Lipinski definition) is 1. The summed E-state index contributed by atoms with van der Waals surface area (Å²) in [6.45, 7) is 0. The van der Waals surface area contributed by atoms with Gasteiger partial charge in [0.25, 0.3) is 0 Å². The van der Waals surface area contributed by atoms with E-state index in [9.17, 15) is 4.39 Å². The van der Waals surface area contributed by atoms with Crippen molar-refractivity contribution < 1.29 is 4.39 Å². The molecule has 2 heterocycles. The molecule has 0 amide bonds. The van der Waals surface area contributed by atoms with Gasteiger partial charge in [-0.05, 0) is 40.2 Å². The van der Waals surface area contributed by atoms with Crippen molar-refractivity contribution in [2.45, 2.75) is 0 Å². The van der Waals surface area contributed by atoms with Crippen LogP contribution in [0.15, 0.2) is 41.0 Å². The Balaban J connectivity index is 2.32. The Bertz CT molecular complexity index is 738. The van der Waals surface area contributed by atoms with Gasteiger partial charge in [0.2, 0.25) is 0 Å². The minimum Gasteiger partial charge on any atom is -0.398 e. The zero-order chi connectivity index (χ0) is 12.7. The van der Waals surface area contributed by atoms with Crippen LogP contribution in [0.5, 0.6) is 0 Å². The van der Waals surface area contributed by atoms with Gasteiger partial charge in [-0.2, -0.15) is 0 Å². The summed E-state index contributed by atoms with van der Waals surface area (Å²) < 4.78 is 15.6. The number of halogens is 2. The predicted molar refractivity (Wildman–Crippen MR) is 70.5 cm³/mol. The first-order valence-electron chi connectivity index (χ1n) is 5.21. The third kappa shape index (κ3) is 1.65. The number of nitrogens with zero attached hydrogens (tertiary/aromatic N) is 3. The minimum atomic E-state index is -0.340. The molecule has 4 nitrogen and oxygen atoms in total. The molecule has 0 aliphatic carbocycles. The lowest BCUT2D eigenvalue weighted by Gasteiger charge is -2.04. The Morgan fingerprint density at radius 3 is 2.83 bits per heavy atom. The van der Waals surface area contributed by atoms with Crippen molar-refractivity contribution >= 4 is 27.3 Å². The van der Waals surface area contributed by atoms with Crippen LogP contribution in [0, 0.1) is 5.82 Å². The van der Waals surface area contributed by atoms with Gasteiger partial charge in [0, 0.05) is 17.4 Å². The van der Waals surface area contributed by atoms with E-state index in [4.69, 9.17) is 5.73 Å². The summed E-state index contributed by atoms with van der Waals surface area (Å²) in [4.78, 5) is 0. The Hall–Kier alpha value is -1.95. The van der Waals surface area contributed by atoms with E-state index in [1.165, 1.54) is 6.07 Å². The summed E-state index contributed by atoms with van der Waals surface area (Å²) in [7, 11) is 0. The van der Waals surface area contributed by atoms with Crippen LogP contribution in [-0.2, 0) is 0 Å². The smallest absolute Gasteiger partial charge is 0.169 e. The van der Waals surface area contributed by atoms with Gasteiger partial charge in [0.05, 0.1) is 4.47 Å². The van der Waals surface area contributed by atoms with Gasteiger partial charge in [0.1, 0.15) is 5.82 Å². The number of anilines is 1. The van der Waals surface area contributed by atoms with Crippen molar-refractivity contribution in [3.63, 3.8) is 0 Å². The van der Waals surface area contributed by atoms with Crippen molar-refractivity contribution in [2.75, 3.05) is 5.73 Å². The van der Waals surface area contributed by atoms with Crippen molar-refractivity contribution in [1.82, 2.24) is 14.6 Å². The van der Waals surface area contributed by atoms with Gasteiger partial charge >= 0.3 is 0 Å². The number of aromatic nitrogens is 3. The average Bonchev–Trinajstić information content (AvgIpc) is 2.75. The van der Waals surface area contributed by atoms with Crippen LogP contribution in [-0.4, -0.2) is 14.6 Å². The van der Waals surface area contributed by atoms with Gasteiger partial charge in [-0.25, -0.2) is 4.39 Å². The molecule has 0 saturated heterocycles. The maximum Gasteiger partial charge on any atom is 0.169 e. The standard InChI is InChI=1S/C12H8BrFN4/c13-11-8(2-1-3-9(11)14)12-17-16-10-5-4-7(15)6-18(10)12/h1-6H,15H2. The van der Waals surface area contributed by atoms with Gasteiger partial charge in [-0.15, -0.1) is 10.2 Å². The van der Waals surface area contributed by atoms with E-state index in [-0.39, 0.29) is 5.82 Å². The first-order valence-corrected chi connectivity index (χ1v) is 6.01. The molecule has 1 aromatic carbocycles. The normalized spacial score (nSPS) is 11.0. The molecule has 18 heavy (non-hydrogen) atoms. The van der Waals surface area contributed by atoms with E-state index in [1.807, 2.05) is 0 Å². The van der Waals surface area contributed by atoms with Crippen LogP contribution in [0.4, 0.5) is 10.1 Å². The maximum absolute atomic E-state index is 13.5. The molecule has 0 aliphatic heterocycles. The van der Waals surface area contributed by atoms with Crippen molar-refractivity contribution in [3.05, 3.63) is 46.8 Å². The number of pyridine rings is 1. The molecule has 2 aromatic heterocycles. The van der Waals surface area contributed by atoms with E-state index >= 15 is 0 Å². The average molecular weight is 307 g/mol. The van der Waals surface area contributed by atoms with E-state index in [0.717, 1.165) is 0 Å². The highest BCUT2D eigenvalue weighted by Crippen LogP contribution is 2.29. The second kappa shape index (κ2) is 4.06. The summed E-state index contributed by atoms with van der Waals surface area (Å²) in [6, 6.07) is 8.29. The molecule has 0 saturated carbocycles. The Morgan fingerprint density at radius 1 is 1.17 bits per heavy atom. The zero-order valence-corrected chi connectivity index (χ0v) is 10.7. The number of nitrogen functional groups attached to an aromatic ring is 1. The molecule has 0 spiro atoms. The topological polar surface area (TPSA) is 56.2 Å². The van der Waals surface area contributed by atoms with Crippen LogP contribution in [0.1, 0.15) is 0 Å². The summed E-state index contributed by atoms with van der Waals surface area (Å²) in [5.74, 6) is 0.205. The van der Waals surface area contributed by atoms with Gasteiger partial charge in [0.15, 0.2) is 11.5 Å². The predicted octanol–water partition coefficient (Wildman–Crippen LogP) is 2.88. The first-order chi connectivity index (χ1) is 8.66. The van der Waals surface area contributed by atoms with Gasteiger partial charge < -0.3 is 5.73 Å². The lowest BCUT2D eigenvalue weighted by molar-refractivity contribution is 0.621. The fourth-order valence-corrected chi connectivity index (χ4v) is 2.21. The number of rotatable bonds is 1. The van der Waals surface area contributed by atoms with Crippen LogP contribution in [0.2, 0.25) is 0 Å². The van der Waals surface area contributed by atoms with Crippen LogP contribution in [0.3, 0.4) is 0 Å². The fourth-order valence-electron chi connectivity index (χ4n) is 1.77. The monoisotopic (exact) mass is 306 g/mol. The highest BCUT2D eigenvalue weighted by Gasteiger charge is 2.13. The molecule has 3 rings (SSSR count). The molecule has 0 bridgehead atoms. The molecule has 3 aromatic rings. The number of nitrogens with two attached hydrogens (primary N) is 1. The molecule has 0 radical (unpaired) electrons. The van der Waals surface area contributed by atoms with Crippen LogP contribution in [0.25, 0.3) is 17.0 Å². The Kier molecular flexibility index (Phi) is 2.52. The Morgan fingerprint density at radius 2 is 2.00 bits per heavy atom. The summed E-state index contributed by atoms with van der Waals surface area (Å²) >= 11 is 3.22. The van der Waals surface area contributed by atoms with Crippen molar-refractivity contribution in [1.29, 1.82) is 0 Å². The van der Waals surface area contributed by atoms with Crippen molar-refractivity contribution in [2.24, 2.45) is 0 Å². The number of fused-ring (bicyclic) bond motifs is 1. The first kappa shape index (κ1) is 11.2. The van der Waals surface area contributed by atoms with Crippen LogP contribution >= 0.6 is 15.9 Å². The lowest BCUT2D eigenvalue weighted by atomic mass is 10.2. The van der Waals surface area contributed by atoms with E-state index < -0.39 is 0 Å². The molecule has 0 aliphatic rings. The van der Waals surface area contributed by atoms with Crippen molar-refractivity contribution in [3.8, 4) is 11.4 Å². The summed E-state index contributed by atoms with van der Waals surface area (Å²) in [6.07, 6.45) is 1.71. The fraction of sp³-hybridized carbons (Fsp3) is 0. The Labute approximate surface area is 110 Å². The molecule has 6 heteroatoms. The second-order valence-electron chi connectivity index (χ2n) is 3.82. The summed E-state index contributed by atoms with van der Waals surface area (Å²) in [5, 5.41) is 8.09. The highest BCUT2D eigenvalue weighted by atomic mass is 79.9. The molecule has 90 valence electrons. The van der Waals surface area contributed by atoms with Gasteiger partial charge in [-0.3, -0.25) is 4.40 Å². The zero-order valence-electron chi connectivity index (χ0n) is 9.14. The molecular weight excluding hydrogens is 299 g/mol. The minimum absolute atomic E-state index is 0.340.